The summed E-state index contributed by atoms with van der Waals surface area (Å²) in [6.07, 6.45) is 0. The van der Waals surface area contributed by atoms with Crippen LogP contribution in [0.3, 0.4) is 0 Å². The molecule has 0 heterocycles. The molecule has 0 spiro atoms. The first-order valence-electron chi connectivity index (χ1n) is 3.16. The molecule has 0 saturated heterocycles. The van der Waals surface area contributed by atoms with Gasteiger partial charge in [-0.3, -0.25) is 0 Å². The van der Waals surface area contributed by atoms with Crippen molar-refractivity contribution in [2.45, 2.75) is 7.43 Å². The van der Waals surface area contributed by atoms with Crippen molar-refractivity contribution in [2.75, 3.05) is 14.1 Å². The first kappa shape index (κ1) is 9.18. The molecule has 0 aliphatic heterocycles. The molecule has 10 heavy (non-hydrogen) atoms. The Hall–Kier alpha value is -0.820. The van der Waals surface area contributed by atoms with Crippen LogP contribution in [0.5, 0.6) is 0 Å². The number of nitrogens with one attached hydrogen (secondary N) is 1. The molecule has 0 unspecified atom stereocenters. The van der Waals surface area contributed by atoms with Gasteiger partial charge >= 0.3 is 0 Å². The van der Waals surface area contributed by atoms with Gasteiger partial charge in [0, 0.05) is 0 Å². The van der Waals surface area contributed by atoms with E-state index < -0.39 is 0 Å². The highest BCUT2D eigenvalue weighted by molar-refractivity contribution is 5.27. The van der Waals surface area contributed by atoms with Crippen molar-refractivity contribution in [2.24, 2.45) is 0 Å². The maximum Gasteiger partial charge on any atom is 0.130 e. The zero-order chi connectivity index (χ0) is 6.69. The van der Waals surface area contributed by atoms with Crippen LogP contribution in [0.2, 0.25) is 0 Å². The molecular formula is C9H16N+. The summed E-state index contributed by atoms with van der Waals surface area (Å²) in [5.41, 5.74) is 1.33. The van der Waals surface area contributed by atoms with Gasteiger partial charge in [-0.05, 0) is 12.1 Å². The van der Waals surface area contributed by atoms with Crippen LogP contribution in [0.1, 0.15) is 7.43 Å². The lowest BCUT2D eigenvalue weighted by Gasteiger charge is -2.03. The predicted molar refractivity (Wildman–Crippen MR) is 45.6 cm³/mol. The molecule has 0 fully saturated rings. The van der Waals surface area contributed by atoms with Crippen molar-refractivity contribution in [3.63, 3.8) is 0 Å². The largest absolute Gasteiger partial charge is 0.307 e. The fourth-order valence-electron chi connectivity index (χ4n) is 0.771. The number of hydrogen-bond acceptors (Lipinski definition) is 0. The van der Waals surface area contributed by atoms with E-state index in [1.54, 1.807) is 0 Å². The lowest BCUT2D eigenvalue weighted by Crippen LogP contribution is -3.00. The molecule has 0 atom stereocenters. The van der Waals surface area contributed by atoms with E-state index in [-0.39, 0.29) is 7.43 Å². The molecule has 0 aliphatic carbocycles. The van der Waals surface area contributed by atoms with Crippen molar-refractivity contribution in [3.8, 4) is 0 Å². The lowest BCUT2D eigenvalue weighted by atomic mass is 10.3. The van der Waals surface area contributed by atoms with Crippen LogP contribution >= 0.6 is 0 Å². The van der Waals surface area contributed by atoms with E-state index in [0.717, 1.165) is 0 Å². The van der Waals surface area contributed by atoms with Gasteiger partial charge in [0.15, 0.2) is 0 Å². The Kier molecular flexibility index (Phi) is 3.74. The Morgan fingerprint density at radius 1 is 1.00 bits per heavy atom. The third-order valence-electron chi connectivity index (χ3n) is 1.35. The Bertz CT molecular complexity index is 167. The van der Waals surface area contributed by atoms with Gasteiger partial charge in [0.25, 0.3) is 0 Å². The zero-order valence-electron chi connectivity index (χ0n) is 5.89. The number of benzene rings is 1. The second-order valence-corrected chi connectivity index (χ2v) is 2.37. The van der Waals surface area contributed by atoms with Gasteiger partial charge in [-0.25, -0.2) is 0 Å². The molecule has 1 nitrogen and oxygen atoms in total. The SMILES string of the molecule is C.C[NH+](C)c1ccccc1. The monoisotopic (exact) mass is 138 g/mol. The first-order valence-corrected chi connectivity index (χ1v) is 3.16. The van der Waals surface area contributed by atoms with E-state index in [9.17, 15) is 0 Å². The molecule has 0 aromatic heterocycles. The van der Waals surface area contributed by atoms with Crippen molar-refractivity contribution in [3.05, 3.63) is 30.3 Å². The summed E-state index contributed by atoms with van der Waals surface area (Å²) in [7, 11) is 4.24. The molecule has 0 bridgehead atoms. The number of para-hydroxylation sites is 1. The van der Waals surface area contributed by atoms with Gasteiger partial charge < -0.3 is 4.90 Å². The van der Waals surface area contributed by atoms with E-state index >= 15 is 0 Å². The third-order valence-corrected chi connectivity index (χ3v) is 1.35. The summed E-state index contributed by atoms with van der Waals surface area (Å²) in [6.45, 7) is 0. The van der Waals surface area contributed by atoms with E-state index in [1.165, 1.54) is 10.6 Å². The molecule has 0 radical (unpaired) electrons. The summed E-state index contributed by atoms with van der Waals surface area (Å²) in [4.78, 5) is 1.37. The van der Waals surface area contributed by atoms with Crippen LogP contribution in [-0.2, 0) is 0 Å². The molecular weight excluding hydrogens is 122 g/mol. The van der Waals surface area contributed by atoms with Crippen LogP contribution in [0.25, 0.3) is 0 Å². The van der Waals surface area contributed by atoms with Crippen LogP contribution in [-0.4, -0.2) is 14.1 Å². The molecule has 1 heteroatoms. The van der Waals surface area contributed by atoms with Gasteiger partial charge in [0.1, 0.15) is 5.69 Å². The fourth-order valence-corrected chi connectivity index (χ4v) is 0.771. The van der Waals surface area contributed by atoms with Crippen LogP contribution < -0.4 is 4.90 Å². The summed E-state index contributed by atoms with van der Waals surface area (Å²) < 4.78 is 0. The Morgan fingerprint density at radius 3 is 1.80 bits per heavy atom. The zero-order valence-corrected chi connectivity index (χ0v) is 5.89. The smallest absolute Gasteiger partial charge is 0.130 e. The highest BCUT2D eigenvalue weighted by atomic mass is 15.1. The molecule has 1 rings (SSSR count). The average Bonchev–Trinajstić information content (AvgIpc) is 1.90. The van der Waals surface area contributed by atoms with Crippen LogP contribution in [0, 0.1) is 0 Å². The van der Waals surface area contributed by atoms with Gasteiger partial charge in [0.05, 0.1) is 14.1 Å². The van der Waals surface area contributed by atoms with Crippen molar-refractivity contribution in [1.82, 2.24) is 0 Å². The van der Waals surface area contributed by atoms with Gasteiger partial charge in [0.2, 0.25) is 0 Å². The van der Waals surface area contributed by atoms with Crippen molar-refractivity contribution < 1.29 is 4.90 Å². The van der Waals surface area contributed by atoms with Crippen molar-refractivity contribution >= 4 is 5.69 Å². The molecule has 0 saturated carbocycles. The number of rotatable bonds is 1. The molecule has 1 aromatic carbocycles. The number of quaternary nitrogens is 1. The molecule has 1 N–H and O–H groups in total. The highest BCUT2D eigenvalue weighted by Gasteiger charge is 1.93. The lowest BCUT2D eigenvalue weighted by molar-refractivity contribution is -0.786. The van der Waals surface area contributed by atoms with E-state index in [1.807, 2.05) is 6.07 Å². The van der Waals surface area contributed by atoms with Gasteiger partial charge in [-0.15, -0.1) is 0 Å². The average molecular weight is 138 g/mol. The van der Waals surface area contributed by atoms with E-state index in [2.05, 4.69) is 38.4 Å². The summed E-state index contributed by atoms with van der Waals surface area (Å²) in [5.74, 6) is 0. The molecule has 1 aromatic rings. The van der Waals surface area contributed by atoms with Crippen molar-refractivity contribution in [1.29, 1.82) is 0 Å². The minimum Gasteiger partial charge on any atom is -0.307 e. The number of hydrogen-bond donors (Lipinski definition) is 1. The summed E-state index contributed by atoms with van der Waals surface area (Å²) >= 11 is 0. The Balaban J connectivity index is 0.000000810. The molecule has 0 amide bonds. The molecule has 56 valence electrons. The molecule has 0 aliphatic rings. The Labute approximate surface area is 63.3 Å². The fraction of sp³-hybridized carbons (Fsp3) is 0.333. The predicted octanol–water partition coefficient (Wildman–Crippen LogP) is 1.10. The summed E-state index contributed by atoms with van der Waals surface area (Å²) in [6, 6.07) is 10.4. The maximum atomic E-state index is 2.12. The standard InChI is InChI=1S/C8H11N.CH4/c1-9(2)8-6-4-3-5-7-8;/h3-7H,1-2H3;1H4/p+1. The quantitative estimate of drug-likeness (QED) is 0.592. The van der Waals surface area contributed by atoms with E-state index in [0.29, 0.717) is 0 Å². The van der Waals surface area contributed by atoms with E-state index in [4.69, 9.17) is 0 Å². The topological polar surface area (TPSA) is 4.44 Å². The second-order valence-electron chi connectivity index (χ2n) is 2.37. The minimum atomic E-state index is 0. The normalized spacial score (nSPS) is 9.10. The highest BCUT2D eigenvalue weighted by Crippen LogP contribution is 1.95. The first-order chi connectivity index (χ1) is 4.30. The van der Waals surface area contributed by atoms with Gasteiger partial charge in [-0.2, -0.15) is 0 Å². The Morgan fingerprint density at radius 2 is 1.50 bits per heavy atom. The maximum absolute atomic E-state index is 2.12. The van der Waals surface area contributed by atoms with Crippen LogP contribution in [0.15, 0.2) is 30.3 Å². The van der Waals surface area contributed by atoms with Gasteiger partial charge in [-0.1, -0.05) is 25.6 Å². The minimum absolute atomic E-state index is 0. The summed E-state index contributed by atoms with van der Waals surface area (Å²) in [5, 5.41) is 0. The third kappa shape index (κ3) is 2.19. The second kappa shape index (κ2) is 4.07. The van der Waals surface area contributed by atoms with Crippen LogP contribution in [0.4, 0.5) is 5.69 Å².